The maximum Gasteiger partial charge on any atom is 0.180 e. The van der Waals surface area contributed by atoms with Crippen LogP contribution < -0.4 is 10.1 Å². The van der Waals surface area contributed by atoms with Crippen molar-refractivity contribution in [1.82, 2.24) is 19.9 Å². The van der Waals surface area contributed by atoms with Crippen LogP contribution in [0.2, 0.25) is 0 Å². The third-order valence-corrected chi connectivity index (χ3v) is 4.75. The van der Waals surface area contributed by atoms with Gasteiger partial charge >= 0.3 is 0 Å². The Bertz CT molecular complexity index is 1120. The van der Waals surface area contributed by atoms with Crippen molar-refractivity contribution in [2.24, 2.45) is 0 Å². The van der Waals surface area contributed by atoms with Crippen molar-refractivity contribution in [2.75, 3.05) is 5.32 Å². The van der Waals surface area contributed by atoms with Crippen molar-refractivity contribution in [3.05, 3.63) is 95.6 Å². The number of ether oxygens (including phenoxy) is 1. The topological polar surface area (TPSA) is 72.8 Å². The zero-order valence-electron chi connectivity index (χ0n) is 17.0. The molecule has 0 bridgehead atoms. The number of hydrogen-bond acceptors (Lipinski definition) is 6. The highest BCUT2D eigenvalue weighted by molar-refractivity contribution is 5.56. The van der Waals surface area contributed by atoms with Gasteiger partial charge in [0.1, 0.15) is 23.9 Å². The van der Waals surface area contributed by atoms with E-state index < -0.39 is 0 Å². The van der Waals surface area contributed by atoms with Crippen LogP contribution in [-0.2, 0) is 13.2 Å². The van der Waals surface area contributed by atoms with Crippen LogP contribution in [0.5, 0.6) is 5.75 Å². The minimum atomic E-state index is 0.440. The Morgan fingerprint density at radius 1 is 0.867 bits per heavy atom. The highest BCUT2D eigenvalue weighted by Gasteiger charge is 2.10. The van der Waals surface area contributed by atoms with Gasteiger partial charge in [0.2, 0.25) is 0 Å². The molecule has 0 fully saturated rings. The molecule has 0 aliphatic carbocycles. The molecule has 30 heavy (non-hydrogen) atoms. The summed E-state index contributed by atoms with van der Waals surface area (Å²) in [5.41, 5.74) is 4.71. The second-order valence-electron chi connectivity index (χ2n) is 6.93. The Hall–Kier alpha value is -3.80. The highest BCUT2D eigenvalue weighted by atomic mass is 16.5. The molecule has 3 aromatic heterocycles. The molecule has 0 radical (unpaired) electrons. The summed E-state index contributed by atoms with van der Waals surface area (Å²) in [6, 6.07) is 19.6. The van der Waals surface area contributed by atoms with Crippen LogP contribution in [0.4, 0.5) is 5.82 Å². The quantitative estimate of drug-likeness (QED) is 0.485. The minimum absolute atomic E-state index is 0.440. The number of pyridine rings is 2. The molecule has 3 heterocycles. The van der Waals surface area contributed by atoms with Gasteiger partial charge in [-0.05, 0) is 55.8 Å². The first kappa shape index (κ1) is 19.5. The van der Waals surface area contributed by atoms with E-state index in [0.717, 1.165) is 39.8 Å². The van der Waals surface area contributed by atoms with Gasteiger partial charge in [-0.15, -0.1) is 0 Å². The van der Waals surface area contributed by atoms with E-state index in [0.29, 0.717) is 19.0 Å². The van der Waals surface area contributed by atoms with E-state index >= 15 is 0 Å². The third kappa shape index (κ3) is 4.78. The highest BCUT2D eigenvalue weighted by Crippen LogP contribution is 2.22. The molecule has 6 heteroatoms. The van der Waals surface area contributed by atoms with E-state index in [1.165, 1.54) is 0 Å². The summed E-state index contributed by atoms with van der Waals surface area (Å²) in [7, 11) is 0. The van der Waals surface area contributed by atoms with E-state index in [9.17, 15) is 0 Å². The molecule has 0 spiro atoms. The fourth-order valence-electron chi connectivity index (χ4n) is 2.98. The Labute approximate surface area is 176 Å². The summed E-state index contributed by atoms with van der Waals surface area (Å²) < 4.78 is 5.88. The maximum absolute atomic E-state index is 5.88. The maximum atomic E-state index is 5.88. The molecule has 0 saturated heterocycles. The zero-order chi connectivity index (χ0) is 20.8. The van der Waals surface area contributed by atoms with Crippen LogP contribution in [0, 0.1) is 13.8 Å². The van der Waals surface area contributed by atoms with E-state index in [1.807, 2.05) is 68.4 Å². The molecule has 0 unspecified atom stereocenters. The zero-order valence-corrected chi connectivity index (χ0v) is 17.0. The second-order valence-corrected chi connectivity index (χ2v) is 6.93. The summed E-state index contributed by atoms with van der Waals surface area (Å²) in [5, 5.41) is 3.43. The number of aromatic nitrogens is 4. The Morgan fingerprint density at radius 2 is 1.70 bits per heavy atom. The van der Waals surface area contributed by atoms with Crippen LogP contribution in [0.3, 0.4) is 0 Å². The van der Waals surface area contributed by atoms with Crippen molar-refractivity contribution < 1.29 is 4.74 Å². The van der Waals surface area contributed by atoms with Gasteiger partial charge in [-0.3, -0.25) is 9.97 Å². The van der Waals surface area contributed by atoms with Crippen LogP contribution in [0.25, 0.3) is 11.5 Å². The van der Waals surface area contributed by atoms with Crippen molar-refractivity contribution in [2.45, 2.75) is 27.0 Å². The van der Waals surface area contributed by atoms with Gasteiger partial charge in [0.25, 0.3) is 0 Å². The van der Waals surface area contributed by atoms with E-state index in [2.05, 4.69) is 26.3 Å². The fourth-order valence-corrected chi connectivity index (χ4v) is 2.98. The molecular weight excluding hydrogens is 374 g/mol. The van der Waals surface area contributed by atoms with Gasteiger partial charge in [0.15, 0.2) is 5.82 Å². The van der Waals surface area contributed by atoms with Crippen molar-refractivity contribution >= 4 is 5.82 Å². The minimum Gasteiger partial charge on any atom is -0.487 e. The molecule has 150 valence electrons. The van der Waals surface area contributed by atoms with Gasteiger partial charge in [-0.1, -0.05) is 24.3 Å². The lowest BCUT2D eigenvalue weighted by molar-refractivity contribution is 0.301. The molecular formula is C24H23N5O. The predicted octanol–water partition coefficient (Wildman–Crippen LogP) is 4.74. The summed E-state index contributed by atoms with van der Waals surface area (Å²) >= 11 is 0. The lowest BCUT2D eigenvalue weighted by Gasteiger charge is -2.13. The largest absolute Gasteiger partial charge is 0.487 e. The summed E-state index contributed by atoms with van der Waals surface area (Å²) in [6.07, 6.45) is 3.52. The van der Waals surface area contributed by atoms with Crippen molar-refractivity contribution in [1.29, 1.82) is 0 Å². The Balaban J connectivity index is 1.46. The summed E-state index contributed by atoms with van der Waals surface area (Å²) in [4.78, 5) is 17.9. The number of anilines is 1. The first-order valence-corrected chi connectivity index (χ1v) is 9.81. The van der Waals surface area contributed by atoms with E-state index in [4.69, 9.17) is 9.72 Å². The molecule has 0 saturated carbocycles. The lowest BCUT2D eigenvalue weighted by Crippen LogP contribution is -2.07. The smallest absolute Gasteiger partial charge is 0.180 e. The van der Waals surface area contributed by atoms with Gasteiger partial charge in [0.05, 0.1) is 5.69 Å². The van der Waals surface area contributed by atoms with Crippen LogP contribution in [0.15, 0.2) is 73.1 Å². The SMILES string of the molecule is Cc1nc(-c2ccccn2)nc(NCc2cccc(OCc3ccccn3)c2)c1C. The van der Waals surface area contributed by atoms with Crippen molar-refractivity contribution in [3.8, 4) is 17.3 Å². The monoisotopic (exact) mass is 397 g/mol. The van der Waals surface area contributed by atoms with Crippen LogP contribution in [0.1, 0.15) is 22.5 Å². The number of benzene rings is 1. The first-order chi connectivity index (χ1) is 14.7. The number of nitrogens with zero attached hydrogens (tertiary/aromatic N) is 4. The van der Waals surface area contributed by atoms with Crippen LogP contribution >= 0.6 is 0 Å². The molecule has 1 N–H and O–H groups in total. The standard InChI is InChI=1S/C24H23N5O/c1-17-18(2)28-24(22-11-4-6-13-26-22)29-23(17)27-15-19-8-7-10-21(14-19)30-16-20-9-3-5-12-25-20/h3-14H,15-16H2,1-2H3,(H,27,28,29). The van der Waals surface area contributed by atoms with Gasteiger partial charge in [0, 0.05) is 30.2 Å². The number of rotatable bonds is 7. The molecule has 4 rings (SSSR count). The van der Waals surface area contributed by atoms with Gasteiger partial charge in [-0.2, -0.15) is 0 Å². The molecule has 4 aromatic rings. The third-order valence-electron chi connectivity index (χ3n) is 4.75. The first-order valence-electron chi connectivity index (χ1n) is 9.81. The average Bonchev–Trinajstić information content (AvgIpc) is 2.80. The summed E-state index contributed by atoms with van der Waals surface area (Å²) in [6.45, 7) is 5.07. The van der Waals surface area contributed by atoms with Crippen LogP contribution in [-0.4, -0.2) is 19.9 Å². The number of nitrogens with one attached hydrogen (secondary N) is 1. The lowest BCUT2D eigenvalue weighted by atomic mass is 10.2. The molecule has 6 nitrogen and oxygen atoms in total. The second kappa shape index (κ2) is 9.13. The molecule has 1 aromatic carbocycles. The van der Waals surface area contributed by atoms with Crippen molar-refractivity contribution in [3.63, 3.8) is 0 Å². The van der Waals surface area contributed by atoms with Gasteiger partial charge in [-0.25, -0.2) is 9.97 Å². The molecule has 0 atom stereocenters. The molecule has 0 aliphatic heterocycles. The number of aryl methyl sites for hydroxylation is 1. The summed E-state index contributed by atoms with van der Waals surface area (Å²) in [5.74, 6) is 2.24. The Kier molecular flexibility index (Phi) is 5.94. The normalized spacial score (nSPS) is 10.6. The number of hydrogen-bond donors (Lipinski definition) is 1. The fraction of sp³-hybridized carbons (Fsp3) is 0.167. The van der Waals surface area contributed by atoms with E-state index in [-0.39, 0.29) is 0 Å². The molecule has 0 aliphatic rings. The molecule has 0 amide bonds. The predicted molar refractivity (Wildman–Crippen MR) is 117 cm³/mol. The van der Waals surface area contributed by atoms with E-state index in [1.54, 1.807) is 12.4 Å². The van der Waals surface area contributed by atoms with Gasteiger partial charge < -0.3 is 10.1 Å². The Morgan fingerprint density at radius 3 is 2.47 bits per heavy atom. The average molecular weight is 397 g/mol.